The molecule has 1 aromatic rings. The van der Waals surface area contributed by atoms with E-state index in [0.717, 1.165) is 12.5 Å². The van der Waals surface area contributed by atoms with Crippen LogP contribution >= 0.6 is 0 Å². The van der Waals surface area contributed by atoms with E-state index in [-0.39, 0.29) is 17.2 Å². The summed E-state index contributed by atoms with van der Waals surface area (Å²) in [7, 11) is 1.59. The number of carbonyl (C=O) groups excluding carboxylic acids is 1. The highest BCUT2D eigenvalue weighted by molar-refractivity contribution is 5.77. The van der Waals surface area contributed by atoms with Gasteiger partial charge >= 0.3 is 6.18 Å². The van der Waals surface area contributed by atoms with Crippen molar-refractivity contribution < 1.29 is 22.7 Å². The van der Waals surface area contributed by atoms with Gasteiger partial charge in [0.2, 0.25) is 0 Å². The zero-order valence-corrected chi connectivity index (χ0v) is 11.1. The highest BCUT2D eigenvalue weighted by atomic mass is 19.4. The van der Waals surface area contributed by atoms with E-state index in [2.05, 4.69) is 0 Å². The molecular weight excluding hydrogens is 271 g/mol. The summed E-state index contributed by atoms with van der Waals surface area (Å²) in [5.74, 6) is 0.242. The third-order valence-corrected chi connectivity index (χ3v) is 3.49. The minimum atomic E-state index is -4.46. The Kier molecular flexibility index (Phi) is 4.32. The van der Waals surface area contributed by atoms with Crippen LogP contribution in [0.2, 0.25) is 0 Å². The fourth-order valence-corrected chi connectivity index (χ4v) is 2.55. The van der Waals surface area contributed by atoms with Gasteiger partial charge in [0.1, 0.15) is 6.29 Å². The number of aldehydes is 1. The molecule has 1 aliphatic rings. The molecule has 0 saturated carbocycles. The first-order valence-electron chi connectivity index (χ1n) is 6.36. The van der Waals surface area contributed by atoms with Gasteiger partial charge in [0.05, 0.1) is 12.2 Å². The number of hydrogen-bond donors (Lipinski definition) is 0. The monoisotopic (exact) mass is 287 g/mol. The highest BCUT2D eigenvalue weighted by Gasteiger charge is 2.36. The predicted molar refractivity (Wildman–Crippen MR) is 69.0 cm³/mol. The van der Waals surface area contributed by atoms with Gasteiger partial charge in [-0.1, -0.05) is 0 Å². The minimum absolute atomic E-state index is 0.0358. The second kappa shape index (κ2) is 5.83. The summed E-state index contributed by atoms with van der Waals surface area (Å²) in [4.78, 5) is 12.4. The molecule has 6 heteroatoms. The maximum Gasteiger partial charge on any atom is 0.418 e. The molecule has 1 saturated heterocycles. The van der Waals surface area contributed by atoms with Crippen molar-refractivity contribution in [1.29, 1.82) is 0 Å². The van der Waals surface area contributed by atoms with Gasteiger partial charge in [-0.05, 0) is 24.6 Å². The van der Waals surface area contributed by atoms with Gasteiger partial charge in [-0.25, -0.2) is 0 Å². The van der Waals surface area contributed by atoms with Crippen molar-refractivity contribution in [3.05, 3.63) is 29.3 Å². The summed E-state index contributed by atoms with van der Waals surface area (Å²) < 4.78 is 44.3. The molecule has 0 aliphatic carbocycles. The molecule has 1 unspecified atom stereocenters. The van der Waals surface area contributed by atoms with Crippen molar-refractivity contribution in [3.63, 3.8) is 0 Å². The number of halogens is 3. The number of methoxy groups -OCH3 is 1. The maximum absolute atomic E-state index is 13.1. The van der Waals surface area contributed by atoms with E-state index in [4.69, 9.17) is 4.74 Å². The second-order valence-electron chi connectivity index (χ2n) is 4.95. The van der Waals surface area contributed by atoms with Gasteiger partial charge in [-0.3, -0.25) is 4.79 Å². The number of ether oxygens (including phenoxy) is 1. The van der Waals surface area contributed by atoms with Gasteiger partial charge in [0, 0.05) is 37.4 Å². The summed E-state index contributed by atoms with van der Waals surface area (Å²) in [6, 6.07) is 3.70. The van der Waals surface area contributed by atoms with Crippen LogP contribution in [0.5, 0.6) is 0 Å². The molecular formula is C14H16F3NO2. The van der Waals surface area contributed by atoms with Crippen molar-refractivity contribution in [2.24, 2.45) is 5.92 Å². The maximum atomic E-state index is 13.1. The lowest BCUT2D eigenvalue weighted by Gasteiger charge is -2.23. The fourth-order valence-electron chi connectivity index (χ4n) is 2.55. The number of alkyl halides is 3. The van der Waals surface area contributed by atoms with Crippen molar-refractivity contribution in [2.45, 2.75) is 12.6 Å². The third kappa shape index (κ3) is 3.12. The van der Waals surface area contributed by atoms with Crippen LogP contribution in [0.3, 0.4) is 0 Å². The van der Waals surface area contributed by atoms with Crippen LogP contribution in [-0.4, -0.2) is 33.1 Å². The van der Waals surface area contributed by atoms with Crippen molar-refractivity contribution in [3.8, 4) is 0 Å². The van der Waals surface area contributed by atoms with Crippen LogP contribution < -0.4 is 4.90 Å². The minimum Gasteiger partial charge on any atom is -0.384 e. The van der Waals surface area contributed by atoms with Gasteiger partial charge in [-0.2, -0.15) is 13.2 Å². The van der Waals surface area contributed by atoms with Crippen LogP contribution in [-0.2, 0) is 10.9 Å². The molecule has 1 heterocycles. The molecule has 0 bridgehead atoms. The largest absolute Gasteiger partial charge is 0.418 e. The summed E-state index contributed by atoms with van der Waals surface area (Å²) in [6.45, 7) is 1.65. The molecule has 20 heavy (non-hydrogen) atoms. The average molecular weight is 287 g/mol. The summed E-state index contributed by atoms with van der Waals surface area (Å²) in [5.41, 5.74) is -0.574. The Labute approximate surface area is 115 Å². The molecule has 0 radical (unpaired) electrons. The molecule has 1 aromatic carbocycles. The van der Waals surface area contributed by atoms with Gasteiger partial charge in [0.15, 0.2) is 0 Å². The number of benzene rings is 1. The zero-order valence-electron chi connectivity index (χ0n) is 11.1. The van der Waals surface area contributed by atoms with Crippen LogP contribution in [0.4, 0.5) is 18.9 Å². The Bertz CT molecular complexity index is 488. The lowest BCUT2D eigenvalue weighted by Crippen LogP contribution is -2.24. The number of nitrogens with zero attached hydrogens (tertiary/aromatic N) is 1. The van der Waals surface area contributed by atoms with E-state index >= 15 is 0 Å². The number of rotatable bonds is 4. The molecule has 2 rings (SSSR count). The standard InChI is InChI=1S/C14H16F3NO2/c1-20-9-11-4-5-18(7-11)13-3-2-10(8-19)6-12(13)14(15,16)17/h2-3,6,8,11H,4-5,7,9H2,1H3. The Balaban J connectivity index is 2.30. The van der Waals surface area contributed by atoms with Gasteiger partial charge < -0.3 is 9.64 Å². The fraction of sp³-hybridized carbons (Fsp3) is 0.500. The second-order valence-corrected chi connectivity index (χ2v) is 4.95. The van der Waals surface area contributed by atoms with Gasteiger partial charge in [0.25, 0.3) is 0 Å². The van der Waals surface area contributed by atoms with E-state index in [0.29, 0.717) is 26.0 Å². The average Bonchev–Trinajstić information content (AvgIpc) is 2.86. The van der Waals surface area contributed by atoms with E-state index in [1.54, 1.807) is 12.0 Å². The SMILES string of the molecule is COCC1CCN(c2ccc(C=O)cc2C(F)(F)F)C1. The van der Waals surface area contributed by atoms with E-state index < -0.39 is 11.7 Å². The van der Waals surface area contributed by atoms with Crippen LogP contribution in [0.1, 0.15) is 22.3 Å². The molecule has 0 amide bonds. The zero-order chi connectivity index (χ0) is 14.8. The molecule has 0 spiro atoms. The normalized spacial score (nSPS) is 19.4. The predicted octanol–water partition coefficient (Wildman–Crippen LogP) is 2.99. The molecule has 110 valence electrons. The van der Waals surface area contributed by atoms with Crippen LogP contribution in [0, 0.1) is 5.92 Å². The molecule has 1 fully saturated rings. The Morgan fingerprint density at radius 1 is 1.45 bits per heavy atom. The molecule has 3 nitrogen and oxygen atoms in total. The lowest BCUT2D eigenvalue weighted by molar-refractivity contribution is -0.137. The van der Waals surface area contributed by atoms with Gasteiger partial charge in [-0.15, -0.1) is 0 Å². The first kappa shape index (κ1) is 14.8. The molecule has 1 atom stereocenters. The number of carbonyl (C=O) groups is 1. The Morgan fingerprint density at radius 3 is 2.80 bits per heavy atom. The van der Waals surface area contributed by atoms with E-state index in [1.165, 1.54) is 12.1 Å². The summed E-state index contributed by atoms with van der Waals surface area (Å²) in [5, 5.41) is 0. The van der Waals surface area contributed by atoms with Crippen molar-refractivity contribution >= 4 is 12.0 Å². The number of anilines is 1. The van der Waals surface area contributed by atoms with E-state index in [1.807, 2.05) is 0 Å². The first-order valence-corrected chi connectivity index (χ1v) is 6.36. The smallest absolute Gasteiger partial charge is 0.384 e. The van der Waals surface area contributed by atoms with E-state index in [9.17, 15) is 18.0 Å². The van der Waals surface area contributed by atoms with Crippen molar-refractivity contribution in [2.75, 3.05) is 31.7 Å². The molecule has 0 N–H and O–H groups in total. The summed E-state index contributed by atoms with van der Waals surface area (Å²) in [6.07, 6.45) is -3.23. The lowest BCUT2D eigenvalue weighted by atomic mass is 10.1. The third-order valence-electron chi connectivity index (χ3n) is 3.49. The molecule has 0 aromatic heterocycles. The quantitative estimate of drug-likeness (QED) is 0.797. The number of hydrogen-bond acceptors (Lipinski definition) is 3. The topological polar surface area (TPSA) is 29.5 Å². The first-order chi connectivity index (χ1) is 9.45. The van der Waals surface area contributed by atoms with Crippen molar-refractivity contribution in [1.82, 2.24) is 0 Å². The van der Waals surface area contributed by atoms with Crippen LogP contribution in [0.25, 0.3) is 0 Å². The summed E-state index contributed by atoms with van der Waals surface area (Å²) >= 11 is 0. The Morgan fingerprint density at radius 2 is 2.20 bits per heavy atom. The van der Waals surface area contributed by atoms with Crippen LogP contribution in [0.15, 0.2) is 18.2 Å². The molecule has 1 aliphatic heterocycles. The highest BCUT2D eigenvalue weighted by Crippen LogP contribution is 2.38. The Hall–Kier alpha value is -1.56.